The van der Waals surface area contributed by atoms with Crippen molar-refractivity contribution in [3.05, 3.63) is 81.4 Å². The van der Waals surface area contributed by atoms with Crippen LogP contribution in [0.1, 0.15) is 47.6 Å². The summed E-state index contributed by atoms with van der Waals surface area (Å²) in [7, 11) is 0. The summed E-state index contributed by atoms with van der Waals surface area (Å²) in [5.74, 6) is 0.946. The number of H-pyrrole nitrogens is 1. The van der Waals surface area contributed by atoms with Gasteiger partial charge in [0, 0.05) is 44.5 Å². The van der Waals surface area contributed by atoms with Crippen molar-refractivity contribution in [2.75, 3.05) is 36.0 Å². The van der Waals surface area contributed by atoms with Gasteiger partial charge < -0.3 is 19.4 Å². The first-order chi connectivity index (χ1) is 19.0. The maximum atomic E-state index is 13.2. The molecule has 1 N–H and O–H groups in total. The van der Waals surface area contributed by atoms with Crippen LogP contribution in [0.3, 0.4) is 0 Å². The molecule has 6 rings (SSSR count). The Bertz CT molecular complexity index is 1460. The maximum Gasteiger partial charge on any atom is 0.269 e. The second-order valence-corrected chi connectivity index (χ2v) is 10.4. The Morgan fingerprint density at radius 3 is 2.72 bits per heavy atom. The first-order valence-electron chi connectivity index (χ1n) is 13.4. The molecular weight excluding hydrogens is 494 g/mol. The predicted molar refractivity (Wildman–Crippen MR) is 145 cm³/mol. The standard InChI is InChI=1S/C29H31N7O3/c1-19-24(17-32-33-29(19)38)36-18-21-4-2-3-5-23(21)28(36)25-8-7-22(39-25)14-27(37)35-12-10-34(11-13-35)26-9-6-20(15-30)16-31-26/h2-6,9,16-17,22,25,28H,7-8,10-14,18H2,1H3,(H,33,38)/t22-,25+,28-/m1/s1. The zero-order chi connectivity index (χ0) is 26.9. The molecule has 10 heteroatoms. The fourth-order valence-corrected chi connectivity index (χ4v) is 6.06. The molecule has 10 nitrogen and oxygen atoms in total. The van der Waals surface area contributed by atoms with Gasteiger partial charge in [0.25, 0.3) is 5.56 Å². The molecular formula is C29H31N7O3. The number of rotatable bonds is 5. The lowest BCUT2D eigenvalue weighted by Crippen LogP contribution is -2.49. The summed E-state index contributed by atoms with van der Waals surface area (Å²) in [6.45, 7) is 5.19. The van der Waals surface area contributed by atoms with E-state index < -0.39 is 0 Å². The van der Waals surface area contributed by atoms with E-state index in [4.69, 9.17) is 10.00 Å². The van der Waals surface area contributed by atoms with Crippen LogP contribution in [0.25, 0.3) is 0 Å². The minimum atomic E-state index is -0.187. The van der Waals surface area contributed by atoms with E-state index in [-0.39, 0.29) is 29.7 Å². The fourth-order valence-electron chi connectivity index (χ4n) is 6.06. The number of nitrogens with zero attached hydrogens (tertiary/aromatic N) is 6. The number of fused-ring (bicyclic) bond motifs is 1. The number of aromatic nitrogens is 3. The van der Waals surface area contributed by atoms with Crippen LogP contribution in [0, 0.1) is 18.3 Å². The van der Waals surface area contributed by atoms with Gasteiger partial charge in [-0.3, -0.25) is 9.59 Å². The largest absolute Gasteiger partial charge is 0.372 e. The smallest absolute Gasteiger partial charge is 0.269 e. The molecule has 39 heavy (non-hydrogen) atoms. The summed E-state index contributed by atoms with van der Waals surface area (Å²) < 4.78 is 6.56. The highest BCUT2D eigenvalue weighted by molar-refractivity contribution is 5.77. The molecule has 0 bridgehead atoms. The zero-order valence-electron chi connectivity index (χ0n) is 21.9. The van der Waals surface area contributed by atoms with Crippen molar-refractivity contribution in [1.82, 2.24) is 20.1 Å². The van der Waals surface area contributed by atoms with Crippen LogP contribution in [0.2, 0.25) is 0 Å². The number of amides is 1. The first kappa shape index (κ1) is 25.1. The third-order valence-corrected chi connectivity index (χ3v) is 8.17. The number of carbonyl (C=O) groups is 1. The van der Waals surface area contributed by atoms with E-state index in [0.717, 1.165) is 24.3 Å². The van der Waals surface area contributed by atoms with Gasteiger partial charge in [0.05, 0.1) is 42.1 Å². The molecule has 3 aliphatic rings. The fraction of sp³-hybridized carbons (Fsp3) is 0.414. The summed E-state index contributed by atoms with van der Waals surface area (Å²) in [5, 5.41) is 15.6. The topological polar surface area (TPSA) is 118 Å². The summed E-state index contributed by atoms with van der Waals surface area (Å²) in [6, 6.07) is 14.0. The van der Waals surface area contributed by atoms with Crippen molar-refractivity contribution in [3.8, 4) is 6.07 Å². The highest BCUT2D eigenvalue weighted by Gasteiger charge is 2.42. The highest BCUT2D eigenvalue weighted by Crippen LogP contribution is 2.44. The lowest BCUT2D eigenvalue weighted by atomic mass is 9.98. The molecule has 0 saturated carbocycles. The number of pyridine rings is 1. The number of benzene rings is 1. The molecule has 0 radical (unpaired) electrons. The van der Waals surface area contributed by atoms with Gasteiger partial charge in [-0.05, 0) is 43.0 Å². The SMILES string of the molecule is Cc1c(N2Cc3ccccc3[C@@H]2[C@@H]2CC[C@H](CC(=O)N3CCN(c4ccc(C#N)cn4)CC3)O2)cn[nH]c1=O. The van der Waals surface area contributed by atoms with Crippen LogP contribution < -0.4 is 15.4 Å². The third kappa shape index (κ3) is 4.86. The number of nitrogens with one attached hydrogen (secondary N) is 1. The van der Waals surface area contributed by atoms with Crippen LogP contribution in [-0.2, 0) is 16.1 Å². The molecule has 3 aliphatic heterocycles. The van der Waals surface area contributed by atoms with Crippen molar-refractivity contribution < 1.29 is 9.53 Å². The summed E-state index contributed by atoms with van der Waals surface area (Å²) in [6.07, 6.45) is 5.13. The lowest BCUT2D eigenvalue weighted by Gasteiger charge is -2.36. The third-order valence-electron chi connectivity index (χ3n) is 8.17. The summed E-state index contributed by atoms with van der Waals surface area (Å²) >= 11 is 0. The van der Waals surface area contributed by atoms with Gasteiger partial charge >= 0.3 is 0 Å². The Morgan fingerprint density at radius 1 is 1.13 bits per heavy atom. The number of piperazine rings is 1. The molecule has 0 unspecified atom stereocenters. The van der Waals surface area contributed by atoms with Gasteiger partial charge in [-0.25, -0.2) is 10.1 Å². The van der Waals surface area contributed by atoms with E-state index in [1.54, 1.807) is 18.5 Å². The van der Waals surface area contributed by atoms with Crippen molar-refractivity contribution in [2.45, 2.75) is 51.0 Å². The molecule has 0 aliphatic carbocycles. The van der Waals surface area contributed by atoms with E-state index >= 15 is 0 Å². The van der Waals surface area contributed by atoms with E-state index in [9.17, 15) is 9.59 Å². The first-order valence-corrected chi connectivity index (χ1v) is 13.4. The highest BCUT2D eigenvalue weighted by atomic mass is 16.5. The van der Waals surface area contributed by atoms with Crippen LogP contribution in [0.4, 0.5) is 11.5 Å². The number of carbonyl (C=O) groups excluding carboxylic acids is 1. The van der Waals surface area contributed by atoms with Crippen LogP contribution in [-0.4, -0.2) is 64.4 Å². The van der Waals surface area contributed by atoms with Crippen molar-refractivity contribution in [3.63, 3.8) is 0 Å². The Hall–Kier alpha value is -4.23. The molecule has 2 saturated heterocycles. The van der Waals surface area contributed by atoms with Gasteiger partial charge in [-0.2, -0.15) is 10.4 Å². The Balaban J connectivity index is 1.10. The molecule has 5 heterocycles. The second-order valence-electron chi connectivity index (χ2n) is 10.4. The Morgan fingerprint density at radius 2 is 1.95 bits per heavy atom. The van der Waals surface area contributed by atoms with Gasteiger partial charge in [0.15, 0.2) is 0 Å². The number of nitriles is 1. The molecule has 1 aromatic carbocycles. The molecule has 2 aromatic heterocycles. The van der Waals surface area contributed by atoms with Gasteiger partial charge in [0.1, 0.15) is 11.9 Å². The quantitative estimate of drug-likeness (QED) is 0.540. The predicted octanol–water partition coefficient (Wildman–Crippen LogP) is 2.69. The van der Waals surface area contributed by atoms with E-state index in [2.05, 4.69) is 43.2 Å². The van der Waals surface area contributed by atoms with Gasteiger partial charge in [0.2, 0.25) is 5.91 Å². The Labute approximate surface area is 226 Å². The monoisotopic (exact) mass is 525 g/mol. The molecule has 0 spiro atoms. The Kier molecular flexibility index (Phi) is 6.75. The zero-order valence-corrected chi connectivity index (χ0v) is 21.9. The summed E-state index contributed by atoms with van der Waals surface area (Å²) in [4.78, 5) is 36.2. The van der Waals surface area contributed by atoms with Crippen LogP contribution >= 0.6 is 0 Å². The van der Waals surface area contributed by atoms with E-state index in [0.29, 0.717) is 50.3 Å². The molecule has 3 aromatic rings. The van der Waals surface area contributed by atoms with Crippen LogP contribution in [0.15, 0.2) is 53.6 Å². The molecule has 200 valence electrons. The minimum absolute atomic E-state index is 0.0351. The number of ether oxygens (including phenoxy) is 1. The van der Waals surface area contributed by atoms with E-state index in [1.165, 1.54) is 11.1 Å². The molecule has 2 fully saturated rings. The maximum absolute atomic E-state index is 13.2. The van der Waals surface area contributed by atoms with Gasteiger partial charge in [-0.1, -0.05) is 24.3 Å². The number of aromatic amines is 1. The van der Waals surface area contributed by atoms with Crippen molar-refractivity contribution >= 4 is 17.4 Å². The number of hydrogen-bond donors (Lipinski definition) is 1. The number of hydrogen-bond acceptors (Lipinski definition) is 8. The van der Waals surface area contributed by atoms with Crippen molar-refractivity contribution in [1.29, 1.82) is 5.26 Å². The van der Waals surface area contributed by atoms with E-state index in [1.807, 2.05) is 30.0 Å². The van der Waals surface area contributed by atoms with Crippen LogP contribution in [0.5, 0.6) is 0 Å². The lowest BCUT2D eigenvalue weighted by molar-refractivity contribution is -0.134. The second kappa shape index (κ2) is 10.5. The molecule has 3 atom stereocenters. The van der Waals surface area contributed by atoms with Gasteiger partial charge in [-0.15, -0.1) is 0 Å². The molecule has 1 amide bonds. The summed E-state index contributed by atoms with van der Waals surface area (Å²) in [5.41, 5.74) is 4.24. The normalized spacial score (nSPS) is 22.6. The van der Waals surface area contributed by atoms with Crippen molar-refractivity contribution in [2.24, 2.45) is 0 Å². The minimum Gasteiger partial charge on any atom is -0.372 e. The average Bonchev–Trinajstić information content (AvgIpc) is 3.59. The number of anilines is 2. The average molecular weight is 526 g/mol.